The molecule has 1 atom stereocenters. The van der Waals surface area contributed by atoms with E-state index < -0.39 is 17.1 Å². The minimum absolute atomic E-state index is 0.149. The topological polar surface area (TPSA) is 88.6 Å². The van der Waals surface area contributed by atoms with E-state index >= 15 is 0 Å². The third kappa shape index (κ3) is 5.45. The van der Waals surface area contributed by atoms with Crippen LogP contribution in [0.1, 0.15) is 34.6 Å². The number of imide groups is 1. The first-order valence-electron chi connectivity index (χ1n) is 11.5. The molecular weight excluding hydrogens is 802 g/mol. The first kappa shape index (κ1) is 28.7. The fraction of sp³-hybridized carbons (Fsp3) is 0.154. The lowest BCUT2D eigenvalue weighted by molar-refractivity contribution is -0.115. The second-order valence-corrected chi connectivity index (χ2v) is 14.1. The van der Waals surface area contributed by atoms with Crippen molar-refractivity contribution in [3.05, 3.63) is 71.5 Å². The number of aromatic nitrogens is 1. The van der Waals surface area contributed by atoms with E-state index in [-0.39, 0.29) is 17.0 Å². The number of carbonyl (C=O) groups excluding carboxylic acids is 3. The summed E-state index contributed by atoms with van der Waals surface area (Å²) in [5.41, 5.74) is 2.42. The van der Waals surface area contributed by atoms with Gasteiger partial charge in [-0.3, -0.25) is 14.4 Å². The lowest BCUT2D eigenvalue weighted by atomic mass is 10.1. The summed E-state index contributed by atoms with van der Waals surface area (Å²) in [6.45, 7) is 4.31. The molecule has 1 aliphatic heterocycles. The maximum absolute atomic E-state index is 13.4. The Morgan fingerprint density at radius 1 is 1.00 bits per heavy atom. The molecule has 13 heteroatoms. The maximum Gasteiger partial charge on any atom is 0.267 e. The quantitative estimate of drug-likeness (QED) is 0.0870. The molecular formula is C26H17Br4N3O4S2. The molecule has 0 radical (unpaired) electrons. The Morgan fingerprint density at radius 3 is 2.21 bits per heavy atom. The molecule has 0 bridgehead atoms. The van der Waals surface area contributed by atoms with Crippen molar-refractivity contribution in [2.75, 3.05) is 16.8 Å². The highest BCUT2D eigenvalue weighted by molar-refractivity contribution is 9.15. The van der Waals surface area contributed by atoms with Gasteiger partial charge < -0.3 is 10.1 Å². The van der Waals surface area contributed by atoms with Crippen molar-refractivity contribution >= 4 is 126 Å². The Bertz CT molecular complexity index is 1610. The standard InChI is InChI=1S/C26H17Br4N3O4S2/c1-3-37-14-7-4-12(5-8-14)31-23(34)11(2)38-26-32-15-9-6-13(10-16(15)39-26)33-24(35)17-18(25(33)36)20(28)22(30)21(29)19(17)27/h4-11H,3H2,1-2H3,(H,31,34)/t11-/m1/s1. The van der Waals surface area contributed by atoms with Gasteiger partial charge in [0.05, 0.1) is 38.9 Å². The van der Waals surface area contributed by atoms with Gasteiger partial charge in [-0.2, -0.15) is 0 Å². The van der Waals surface area contributed by atoms with Crippen molar-refractivity contribution in [3.63, 3.8) is 0 Å². The molecule has 0 spiro atoms. The number of benzene rings is 3. The van der Waals surface area contributed by atoms with Gasteiger partial charge in [-0.05, 0) is 120 Å². The van der Waals surface area contributed by atoms with Crippen LogP contribution in [-0.2, 0) is 4.79 Å². The molecule has 0 unspecified atom stereocenters. The number of amides is 3. The van der Waals surface area contributed by atoms with Crippen LogP contribution >= 0.6 is 86.8 Å². The Hall–Kier alpha value is -1.77. The van der Waals surface area contributed by atoms with Gasteiger partial charge in [-0.25, -0.2) is 9.88 Å². The molecule has 0 saturated carbocycles. The van der Waals surface area contributed by atoms with E-state index in [0.29, 0.717) is 40.2 Å². The number of halogens is 4. The van der Waals surface area contributed by atoms with Gasteiger partial charge in [0.2, 0.25) is 5.91 Å². The van der Waals surface area contributed by atoms with Crippen LogP contribution in [0, 0.1) is 0 Å². The Kier molecular flexibility index (Phi) is 8.56. The summed E-state index contributed by atoms with van der Waals surface area (Å²) in [5.74, 6) is -0.250. The number of nitrogens with one attached hydrogen (secondary N) is 1. The predicted molar refractivity (Wildman–Crippen MR) is 170 cm³/mol. The minimum Gasteiger partial charge on any atom is -0.494 e. The Balaban J connectivity index is 1.34. The number of anilines is 2. The molecule has 2 heterocycles. The number of ether oxygens (including phenoxy) is 1. The zero-order valence-corrected chi connectivity index (χ0v) is 28.2. The number of thiazole rings is 1. The summed E-state index contributed by atoms with van der Waals surface area (Å²) < 4.78 is 9.22. The molecule has 3 amide bonds. The first-order valence-corrected chi connectivity index (χ1v) is 16.3. The average molecular weight is 819 g/mol. The number of hydrogen-bond donors (Lipinski definition) is 1. The normalized spacial score (nSPS) is 13.6. The van der Waals surface area contributed by atoms with Crippen LogP contribution in [0.4, 0.5) is 11.4 Å². The van der Waals surface area contributed by atoms with Crippen LogP contribution in [0.5, 0.6) is 5.75 Å². The van der Waals surface area contributed by atoms with Crippen LogP contribution < -0.4 is 15.0 Å². The number of nitrogens with zero attached hydrogens (tertiary/aromatic N) is 2. The largest absolute Gasteiger partial charge is 0.494 e. The molecule has 0 aliphatic carbocycles. The summed E-state index contributed by atoms with van der Waals surface area (Å²) in [4.78, 5) is 45.3. The summed E-state index contributed by atoms with van der Waals surface area (Å²) >= 11 is 16.5. The van der Waals surface area contributed by atoms with E-state index in [9.17, 15) is 14.4 Å². The smallest absolute Gasteiger partial charge is 0.267 e. The number of rotatable bonds is 7. The minimum atomic E-state index is -0.422. The Morgan fingerprint density at radius 2 is 1.62 bits per heavy atom. The molecule has 4 aromatic rings. The van der Waals surface area contributed by atoms with E-state index in [2.05, 4.69) is 74.0 Å². The van der Waals surface area contributed by atoms with Crippen molar-refractivity contribution in [2.24, 2.45) is 0 Å². The van der Waals surface area contributed by atoms with Crippen LogP contribution in [0.15, 0.2) is 64.7 Å². The average Bonchev–Trinajstić information content (AvgIpc) is 3.43. The van der Waals surface area contributed by atoms with Crippen LogP contribution in [0.25, 0.3) is 10.2 Å². The Labute approximate surface area is 265 Å². The molecule has 1 aliphatic rings. The molecule has 0 saturated heterocycles. The van der Waals surface area contributed by atoms with Crippen LogP contribution in [0.3, 0.4) is 0 Å². The SMILES string of the molecule is CCOc1ccc(NC(=O)[C@@H](C)Sc2nc3ccc(N4C(=O)c5c(Br)c(Br)c(Br)c(Br)c5C4=O)cc3s2)cc1. The van der Waals surface area contributed by atoms with Gasteiger partial charge in [-0.15, -0.1) is 11.3 Å². The van der Waals surface area contributed by atoms with Crippen molar-refractivity contribution in [1.29, 1.82) is 0 Å². The molecule has 5 rings (SSSR count). The second kappa shape index (κ2) is 11.6. The highest BCUT2D eigenvalue weighted by atomic mass is 79.9. The second-order valence-electron chi connectivity index (χ2n) is 8.29. The van der Waals surface area contributed by atoms with Gasteiger partial charge in [0, 0.05) is 23.6 Å². The lowest BCUT2D eigenvalue weighted by Crippen LogP contribution is -2.29. The van der Waals surface area contributed by atoms with Gasteiger partial charge >= 0.3 is 0 Å². The lowest BCUT2D eigenvalue weighted by Gasteiger charge is -2.13. The van der Waals surface area contributed by atoms with Crippen LogP contribution in [0.2, 0.25) is 0 Å². The van der Waals surface area contributed by atoms with Gasteiger partial charge in [0.1, 0.15) is 5.75 Å². The van der Waals surface area contributed by atoms with E-state index in [4.69, 9.17) is 4.74 Å². The van der Waals surface area contributed by atoms with E-state index in [1.54, 1.807) is 30.3 Å². The number of thioether (sulfide) groups is 1. The van der Waals surface area contributed by atoms with Crippen molar-refractivity contribution in [3.8, 4) is 5.75 Å². The zero-order chi connectivity index (χ0) is 28.0. The summed E-state index contributed by atoms with van der Waals surface area (Å²) in [5, 5.41) is 2.51. The molecule has 7 nitrogen and oxygen atoms in total. The fourth-order valence-corrected chi connectivity index (χ4v) is 8.62. The predicted octanol–water partition coefficient (Wildman–Crippen LogP) is 8.66. The van der Waals surface area contributed by atoms with Crippen molar-refractivity contribution in [1.82, 2.24) is 4.98 Å². The zero-order valence-electron chi connectivity index (χ0n) is 20.2. The van der Waals surface area contributed by atoms with E-state index in [1.807, 2.05) is 26.0 Å². The monoisotopic (exact) mass is 815 g/mol. The van der Waals surface area contributed by atoms with Crippen molar-refractivity contribution in [2.45, 2.75) is 23.4 Å². The van der Waals surface area contributed by atoms with Gasteiger partial charge in [0.25, 0.3) is 11.8 Å². The van der Waals surface area contributed by atoms with Crippen molar-refractivity contribution < 1.29 is 19.1 Å². The maximum atomic E-state index is 13.4. The molecule has 0 fully saturated rings. The van der Waals surface area contributed by atoms with Gasteiger partial charge in [-0.1, -0.05) is 11.8 Å². The molecule has 200 valence electrons. The van der Waals surface area contributed by atoms with Gasteiger partial charge in [0.15, 0.2) is 4.34 Å². The van der Waals surface area contributed by atoms with E-state index in [1.165, 1.54) is 23.1 Å². The summed E-state index contributed by atoms with van der Waals surface area (Å²) in [6, 6.07) is 12.5. The fourth-order valence-electron chi connectivity index (χ4n) is 3.92. The molecule has 39 heavy (non-hydrogen) atoms. The van der Waals surface area contributed by atoms with E-state index in [0.717, 1.165) is 20.9 Å². The van der Waals surface area contributed by atoms with Crippen LogP contribution in [-0.4, -0.2) is 34.6 Å². The number of carbonyl (C=O) groups is 3. The highest BCUT2D eigenvalue weighted by Crippen LogP contribution is 2.46. The summed E-state index contributed by atoms with van der Waals surface area (Å²) in [6.07, 6.45) is 0. The summed E-state index contributed by atoms with van der Waals surface area (Å²) in [7, 11) is 0. The number of hydrogen-bond acceptors (Lipinski definition) is 7. The molecule has 3 aromatic carbocycles. The third-order valence-electron chi connectivity index (χ3n) is 5.79. The molecule has 1 aromatic heterocycles. The first-order chi connectivity index (χ1) is 18.6. The highest BCUT2D eigenvalue weighted by Gasteiger charge is 2.42. The third-order valence-corrected chi connectivity index (χ3v) is 12.8. The molecule has 1 N–H and O–H groups in total. The number of fused-ring (bicyclic) bond motifs is 2.